The first-order valence-corrected chi connectivity index (χ1v) is 24.2. The summed E-state index contributed by atoms with van der Waals surface area (Å²) >= 11 is 0. The first kappa shape index (κ1) is 39.1. The lowest BCUT2D eigenvalue weighted by Gasteiger charge is -2.26. The third-order valence-electron chi connectivity index (χ3n) is 7.87. The van der Waals surface area contributed by atoms with Crippen LogP contribution < -0.4 is 0 Å². The van der Waals surface area contributed by atoms with Crippen molar-refractivity contribution in [1.82, 2.24) is 0 Å². The zero-order valence-corrected chi connectivity index (χ0v) is 30.9. The largest absolute Gasteiger partial charge is 0.382 e. The Bertz CT molecular complexity index is 407. The summed E-state index contributed by atoms with van der Waals surface area (Å²) in [7, 11) is 2.73. The van der Waals surface area contributed by atoms with Gasteiger partial charge in [-0.2, -0.15) is 0 Å². The van der Waals surface area contributed by atoms with E-state index in [4.69, 9.17) is 9.47 Å². The van der Waals surface area contributed by atoms with Gasteiger partial charge >= 0.3 is 0 Å². The number of rotatable bonds is 31. The Balaban J connectivity index is 4.20. The van der Waals surface area contributed by atoms with E-state index >= 15 is 0 Å². The fraction of sp³-hybridized carbons (Fsp3) is 1.00. The van der Waals surface area contributed by atoms with E-state index in [1.807, 2.05) is 0 Å². The second kappa shape index (κ2) is 31.0. The summed E-state index contributed by atoms with van der Waals surface area (Å²) in [4.78, 5) is 0. The molecule has 0 aliphatic heterocycles. The molecule has 0 saturated carbocycles. The van der Waals surface area contributed by atoms with Crippen molar-refractivity contribution in [3.63, 3.8) is 0 Å². The third kappa shape index (κ3) is 22.7. The number of ether oxygens (including phenoxy) is 2. The van der Waals surface area contributed by atoms with Crippen molar-refractivity contribution in [2.75, 3.05) is 24.7 Å². The first-order chi connectivity index (χ1) is 18.7. The van der Waals surface area contributed by atoms with E-state index in [1.54, 1.807) is 0 Å². The first-order valence-electron chi connectivity index (χ1n) is 17.2. The molecule has 0 N–H and O–H groups in total. The van der Waals surface area contributed by atoms with Crippen molar-refractivity contribution in [2.24, 2.45) is 0 Å². The van der Waals surface area contributed by atoms with Crippen LogP contribution in [0.15, 0.2) is 0 Å². The van der Waals surface area contributed by atoms with Crippen molar-refractivity contribution in [2.45, 2.75) is 180 Å². The molecule has 0 spiro atoms. The Hall–Kier alpha value is 1.05. The van der Waals surface area contributed by atoms with Crippen molar-refractivity contribution in [1.29, 1.82) is 0 Å². The monoisotopic (exact) mass is 606 g/mol. The number of hydrogen-bond acceptors (Lipinski definition) is 4. The van der Waals surface area contributed by atoms with E-state index in [2.05, 4.69) is 63.1 Å². The quantitative estimate of drug-likeness (QED) is 0.0443. The van der Waals surface area contributed by atoms with Gasteiger partial charge in [0, 0.05) is 36.2 Å². The maximum absolute atomic E-state index is 6.53. The Morgan fingerprint density at radius 1 is 0.447 bits per heavy atom. The van der Waals surface area contributed by atoms with Gasteiger partial charge in [0.1, 0.15) is 0 Å². The highest BCUT2D eigenvalue weighted by molar-refractivity contribution is 8.76. The number of unbranched alkanes of at least 4 members (excludes halogenated alkanes) is 6. The summed E-state index contributed by atoms with van der Waals surface area (Å²) < 4.78 is 13.1. The molecule has 0 aromatic carbocycles. The average Bonchev–Trinajstić information content (AvgIpc) is 2.92. The smallest absolute Gasteiger partial charge is 0.0716 e. The minimum Gasteiger partial charge on any atom is -0.382 e. The van der Waals surface area contributed by atoms with Crippen LogP contribution in [0.25, 0.3) is 0 Å². The zero-order chi connectivity index (χ0) is 28.1. The second-order valence-corrected chi connectivity index (χ2v) is 21.1. The highest BCUT2D eigenvalue weighted by Gasteiger charge is 2.23. The van der Waals surface area contributed by atoms with Gasteiger partial charge in [0.15, 0.2) is 0 Å². The topological polar surface area (TPSA) is 18.5 Å². The van der Waals surface area contributed by atoms with Crippen LogP contribution in [0, 0.1) is 0 Å². The van der Waals surface area contributed by atoms with Crippen molar-refractivity contribution in [3.05, 3.63) is 0 Å². The van der Waals surface area contributed by atoms with Gasteiger partial charge in [-0.15, -0.1) is 0 Å². The van der Waals surface area contributed by atoms with Gasteiger partial charge in [-0.1, -0.05) is 152 Å². The van der Waals surface area contributed by atoms with Crippen LogP contribution in [0.1, 0.15) is 144 Å². The van der Waals surface area contributed by atoms with Crippen LogP contribution in [0.2, 0.25) is 24.2 Å². The van der Waals surface area contributed by atoms with Crippen LogP contribution in [0.5, 0.6) is 0 Å². The van der Waals surface area contributed by atoms with Gasteiger partial charge in [0.2, 0.25) is 0 Å². The van der Waals surface area contributed by atoms with E-state index in [0.29, 0.717) is 11.5 Å². The molecule has 0 saturated heterocycles. The van der Waals surface area contributed by atoms with Gasteiger partial charge in [0.25, 0.3) is 0 Å². The fourth-order valence-electron chi connectivity index (χ4n) is 5.73. The lowest BCUT2D eigenvalue weighted by Crippen LogP contribution is -2.33. The minimum atomic E-state index is -0.757. The maximum atomic E-state index is 6.53. The van der Waals surface area contributed by atoms with Gasteiger partial charge in [-0.05, 0) is 38.5 Å². The molecule has 0 radical (unpaired) electrons. The Morgan fingerprint density at radius 2 is 0.816 bits per heavy atom. The van der Waals surface area contributed by atoms with Gasteiger partial charge in [0.05, 0.1) is 17.6 Å². The summed E-state index contributed by atoms with van der Waals surface area (Å²) in [5.74, 6) is 2.62. The number of hydrogen-bond donors (Lipinski definition) is 0. The van der Waals surface area contributed by atoms with Crippen LogP contribution >= 0.6 is 21.6 Å². The summed E-state index contributed by atoms with van der Waals surface area (Å²) in [5.41, 5.74) is 1.27. The molecule has 0 rings (SSSR count). The normalized spacial score (nSPS) is 13.6. The lowest BCUT2D eigenvalue weighted by molar-refractivity contribution is 0.0907. The molecule has 6 heteroatoms. The molecule has 0 aromatic rings. The highest BCUT2D eigenvalue weighted by atomic mass is 33.1. The van der Waals surface area contributed by atoms with Crippen LogP contribution in [-0.4, -0.2) is 53.8 Å². The average molecular weight is 607 g/mol. The van der Waals surface area contributed by atoms with Crippen molar-refractivity contribution < 1.29 is 9.47 Å². The second-order valence-electron chi connectivity index (χ2n) is 11.5. The van der Waals surface area contributed by atoms with Crippen molar-refractivity contribution >= 4 is 39.2 Å². The third-order valence-corrected chi connectivity index (χ3v) is 18.9. The summed E-state index contributed by atoms with van der Waals surface area (Å²) in [6.07, 6.45) is 21.2. The van der Waals surface area contributed by atoms with E-state index < -0.39 is 17.6 Å². The SMILES string of the molecule is CCCCCOC(CCCCSSCCCCC(OCCCCC)[SiH](CCC)CCC)[SiH](CCC)CCC. The molecule has 0 fully saturated rings. The zero-order valence-electron chi connectivity index (χ0n) is 26.9. The summed E-state index contributed by atoms with van der Waals surface area (Å²) in [6.45, 7) is 16.1. The molecular weight excluding hydrogens is 537 g/mol. The van der Waals surface area contributed by atoms with Crippen LogP contribution in [-0.2, 0) is 9.47 Å². The molecule has 2 atom stereocenters. The van der Waals surface area contributed by atoms with E-state index in [0.717, 1.165) is 13.2 Å². The van der Waals surface area contributed by atoms with Gasteiger partial charge < -0.3 is 9.47 Å². The molecule has 2 nitrogen and oxygen atoms in total. The molecule has 230 valence electrons. The highest BCUT2D eigenvalue weighted by Crippen LogP contribution is 2.26. The molecule has 0 bridgehead atoms. The van der Waals surface area contributed by atoms with E-state index in [9.17, 15) is 0 Å². The maximum Gasteiger partial charge on any atom is 0.0716 e. The van der Waals surface area contributed by atoms with Crippen molar-refractivity contribution in [3.8, 4) is 0 Å². The molecular formula is C32H70O2S2Si2. The summed E-state index contributed by atoms with van der Waals surface area (Å²) in [6, 6.07) is 5.90. The molecule has 0 aromatic heterocycles. The van der Waals surface area contributed by atoms with E-state index in [1.165, 1.54) is 138 Å². The summed E-state index contributed by atoms with van der Waals surface area (Å²) in [5, 5.41) is 0. The fourth-order valence-corrected chi connectivity index (χ4v) is 15.3. The molecule has 0 aliphatic rings. The molecule has 0 aliphatic carbocycles. The van der Waals surface area contributed by atoms with Gasteiger partial charge in [-0.25, -0.2) is 0 Å². The molecule has 38 heavy (non-hydrogen) atoms. The van der Waals surface area contributed by atoms with Gasteiger partial charge in [-0.3, -0.25) is 0 Å². The molecule has 0 amide bonds. The lowest BCUT2D eigenvalue weighted by atomic mass is 10.2. The molecule has 0 heterocycles. The Morgan fingerprint density at radius 3 is 1.13 bits per heavy atom. The predicted octanol–water partition coefficient (Wildman–Crippen LogP) is 11.0. The minimum absolute atomic E-state index is 0.634. The van der Waals surface area contributed by atoms with Crippen LogP contribution in [0.4, 0.5) is 0 Å². The van der Waals surface area contributed by atoms with E-state index in [-0.39, 0.29) is 0 Å². The Kier molecular flexibility index (Phi) is 31.9. The Labute approximate surface area is 252 Å². The molecule has 2 unspecified atom stereocenters. The van der Waals surface area contributed by atoms with Crippen LogP contribution in [0.3, 0.4) is 0 Å². The predicted molar refractivity (Wildman–Crippen MR) is 186 cm³/mol. The standard InChI is InChI=1S/C32H70O2S2Si2/c1-7-13-17-23-33-31(37(27-9-3)28-10-4)21-15-19-25-35-36-26-20-16-22-32(34-24-18-14-8-2)38(29-11-5)30-12-6/h31-32,37-38H,7-30H2,1-6H3.